The van der Waals surface area contributed by atoms with Crippen LogP contribution in [-0.2, 0) is 16.4 Å². The summed E-state index contributed by atoms with van der Waals surface area (Å²) in [5.74, 6) is -0.224. The van der Waals surface area contributed by atoms with E-state index in [9.17, 15) is 13.2 Å². The van der Waals surface area contributed by atoms with E-state index in [4.69, 9.17) is 0 Å². The average Bonchev–Trinajstić information content (AvgIpc) is 2.26. The Labute approximate surface area is 102 Å². The standard InChI is InChI=1S/C12H17NO3S/c1-3-4-10-5-7-11(8-6-10)12(14)9-13-17(2,15)16/h5-8,13H,3-4,9H2,1-2H3. The number of hydrogen-bond acceptors (Lipinski definition) is 3. The largest absolute Gasteiger partial charge is 0.293 e. The fourth-order valence-corrected chi connectivity index (χ4v) is 1.84. The molecule has 5 heteroatoms. The van der Waals surface area contributed by atoms with Gasteiger partial charge >= 0.3 is 0 Å². The van der Waals surface area contributed by atoms with Crippen LogP contribution in [0.1, 0.15) is 29.3 Å². The predicted octanol–water partition coefficient (Wildman–Crippen LogP) is 1.37. The first-order chi connectivity index (χ1) is 7.92. The second-order valence-electron chi connectivity index (χ2n) is 3.96. The molecule has 0 bridgehead atoms. The zero-order valence-electron chi connectivity index (χ0n) is 10.1. The second kappa shape index (κ2) is 5.93. The molecule has 17 heavy (non-hydrogen) atoms. The minimum atomic E-state index is -3.31. The van der Waals surface area contributed by atoms with Gasteiger partial charge in [0, 0.05) is 5.56 Å². The van der Waals surface area contributed by atoms with Crippen LogP contribution < -0.4 is 4.72 Å². The van der Waals surface area contributed by atoms with Gasteiger partial charge in [0.25, 0.3) is 0 Å². The Hall–Kier alpha value is -1.20. The number of carbonyl (C=O) groups is 1. The summed E-state index contributed by atoms with van der Waals surface area (Å²) in [4.78, 5) is 11.6. The van der Waals surface area contributed by atoms with Gasteiger partial charge in [-0.3, -0.25) is 4.79 Å². The van der Waals surface area contributed by atoms with Crippen molar-refractivity contribution >= 4 is 15.8 Å². The third kappa shape index (κ3) is 5.10. The second-order valence-corrected chi connectivity index (χ2v) is 5.80. The van der Waals surface area contributed by atoms with Crippen molar-refractivity contribution in [3.8, 4) is 0 Å². The molecule has 0 fully saturated rings. The van der Waals surface area contributed by atoms with E-state index in [1.165, 1.54) is 5.56 Å². The molecule has 4 nitrogen and oxygen atoms in total. The van der Waals surface area contributed by atoms with Crippen molar-refractivity contribution in [3.05, 3.63) is 35.4 Å². The zero-order chi connectivity index (χ0) is 12.9. The number of carbonyl (C=O) groups excluding carboxylic acids is 1. The van der Waals surface area contributed by atoms with E-state index >= 15 is 0 Å². The minimum Gasteiger partial charge on any atom is -0.293 e. The van der Waals surface area contributed by atoms with Gasteiger partial charge in [0.15, 0.2) is 5.78 Å². The van der Waals surface area contributed by atoms with Crippen molar-refractivity contribution in [2.24, 2.45) is 0 Å². The van der Waals surface area contributed by atoms with Crippen molar-refractivity contribution in [1.29, 1.82) is 0 Å². The van der Waals surface area contributed by atoms with Crippen LogP contribution in [-0.4, -0.2) is 27.0 Å². The van der Waals surface area contributed by atoms with E-state index in [2.05, 4.69) is 11.6 Å². The maximum absolute atomic E-state index is 11.6. The van der Waals surface area contributed by atoms with Crippen LogP contribution in [0.2, 0.25) is 0 Å². The first-order valence-electron chi connectivity index (χ1n) is 5.49. The first kappa shape index (κ1) is 13.9. The van der Waals surface area contributed by atoms with Crippen LogP contribution in [0.4, 0.5) is 0 Å². The highest BCUT2D eigenvalue weighted by Gasteiger charge is 2.08. The van der Waals surface area contributed by atoms with Crippen LogP contribution in [0.15, 0.2) is 24.3 Å². The molecular formula is C12H17NO3S. The highest BCUT2D eigenvalue weighted by Crippen LogP contribution is 2.07. The molecule has 0 amide bonds. The lowest BCUT2D eigenvalue weighted by atomic mass is 10.1. The van der Waals surface area contributed by atoms with E-state index in [1.54, 1.807) is 12.1 Å². The van der Waals surface area contributed by atoms with Gasteiger partial charge in [-0.25, -0.2) is 13.1 Å². The van der Waals surface area contributed by atoms with Gasteiger partial charge in [-0.1, -0.05) is 37.6 Å². The number of rotatable bonds is 6. The lowest BCUT2D eigenvalue weighted by Gasteiger charge is -2.03. The number of aryl methyl sites for hydroxylation is 1. The Morgan fingerprint density at radius 1 is 1.24 bits per heavy atom. The number of sulfonamides is 1. The topological polar surface area (TPSA) is 63.2 Å². The molecule has 1 aromatic rings. The summed E-state index contributed by atoms with van der Waals surface area (Å²) in [7, 11) is -3.31. The Bertz CT molecular complexity index is 477. The highest BCUT2D eigenvalue weighted by molar-refractivity contribution is 7.88. The SMILES string of the molecule is CCCc1ccc(C(=O)CNS(C)(=O)=O)cc1. The summed E-state index contributed by atoms with van der Waals surface area (Å²) in [5.41, 5.74) is 1.71. The number of benzene rings is 1. The van der Waals surface area contributed by atoms with E-state index in [1.807, 2.05) is 12.1 Å². The summed E-state index contributed by atoms with van der Waals surface area (Å²) in [6.45, 7) is 1.90. The maximum Gasteiger partial charge on any atom is 0.209 e. The normalized spacial score (nSPS) is 11.4. The molecule has 0 radical (unpaired) electrons. The van der Waals surface area contributed by atoms with E-state index in [-0.39, 0.29) is 12.3 Å². The fourth-order valence-electron chi connectivity index (χ4n) is 1.44. The van der Waals surface area contributed by atoms with Gasteiger partial charge in [-0.05, 0) is 12.0 Å². The van der Waals surface area contributed by atoms with Gasteiger partial charge in [0.2, 0.25) is 10.0 Å². The molecule has 1 rings (SSSR count). The highest BCUT2D eigenvalue weighted by atomic mass is 32.2. The number of hydrogen-bond donors (Lipinski definition) is 1. The number of Topliss-reactive ketones (excluding diaryl/α,β-unsaturated/α-hetero) is 1. The lowest BCUT2D eigenvalue weighted by Crippen LogP contribution is -2.28. The van der Waals surface area contributed by atoms with Crippen LogP contribution in [0.5, 0.6) is 0 Å². The first-order valence-corrected chi connectivity index (χ1v) is 7.38. The Kier molecular flexibility index (Phi) is 4.84. The van der Waals surface area contributed by atoms with E-state index in [0.29, 0.717) is 5.56 Å². The molecule has 0 atom stereocenters. The molecule has 0 heterocycles. The van der Waals surface area contributed by atoms with Gasteiger partial charge in [0.1, 0.15) is 0 Å². The van der Waals surface area contributed by atoms with Crippen molar-refractivity contribution < 1.29 is 13.2 Å². The summed E-state index contributed by atoms with van der Waals surface area (Å²) in [6, 6.07) is 7.27. The summed E-state index contributed by atoms with van der Waals surface area (Å²) < 4.78 is 23.9. The molecule has 0 aliphatic carbocycles. The van der Waals surface area contributed by atoms with E-state index < -0.39 is 10.0 Å². The van der Waals surface area contributed by atoms with Gasteiger partial charge in [-0.15, -0.1) is 0 Å². The molecule has 94 valence electrons. The monoisotopic (exact) mass is 255 g/mol. The van der Waals surface area contributed by atoms with Crippen molar-refractivity contribution in [2.75, 3.05) is 12.8 Å². The van der Waals surface area contributed by atoms with Crippen molar-refractivity contribution in [3.63, 3.8) is 0 Å². The van der Waals surface area contributed by atoms with Crippen LogP contribution in [0.25, 0.3) is 0 Å². The van der Waals surface area contributed by atoms with E-state index in [0.717, 1.165) is 19.1 Å². The lowest BCUT2D eigenvalue weighted by molar-refractivity contribution is 0.0997. The van der Waals surface area contributed by atoms with Crippen LogP contribution >= 0.6 is 0 Å². The molecule has 0 aliphatic heterocycles. The quantitative estimate of drug-likeness (QED) is 0.781. The van der Waals surface area contributed by atoms with Crippen LogP contribution in [0.3, 0.4) is 0 Å². The molecule has 1 N–H and O–H groups in total. The molecule has 0 saturated carbocycles. The molecule has 0 aliphatic rings. The minimum absolute atomic E-state index is 0.189. The molecule has 0 saturated heterocycles. The number of nitrogens with one attached hydrogen (secondary N) is 1. The average molecular weight is 255 g/mol. The Balaban J connectivity index is 2.64. The van der Waals surface area contributed by atoms with Gasteiger partial charge < -0.3 is 0 Å². The summed E-state index contributed by atoms with van der Waals surface area (Å²) >= 11 is 0. The Morgan fingerprint density at radius 3 is 2.29 bits per heavy atom. The maximum atomic E-state index is 11.6. The third-order valence-corrected chi connectivity index (χ3v) is 2.98. The molecular weight excluding hydrogens is 238 g/mol. The molecule has 0 unspecified atom stereocenters. The fraction of sp³-hybridized carbons (Fsp3) is 0.417. The Morgan fingerprint density at radius 2 is 1.82 bits per heavy atom. The smallest absolute Gasteiger partial charge is 0.209 e. The molecule has 0 aromatic heterocycles. The zero-order valence-corrected chi connectivity index (χ0v) is 10.9. The predicted molar refractivity (Wildman–Crippen MR) is 67.6 cm³/mol. The summed E-state index contributed by atoms with van der Waals surface area (Å²) in [5, 5.41) is 0. The third-order valence-electron chi connectivity index (χ3n) is 2.31. The van der Waals surface area contributed by atoms with Crippen molar-refractivity contribution in [1.82, 2.24) is 4.72 Å². The molecule has 0 spiro atoms. The van der Waals surface area contributed by atoms with Crippen molar-refractivity contribution in [2.45, 2.75) is 19.8 Å². The van der Waals surface area contributed by atoms with Gasteiger partial charge in [0.05, 0.1) is 12.8 Å². The van der Waals surface area contributed by atoms with Crippen LogP contribution in [0, 0.1) is 0 Å². The summed E-state index contributed by atoms with van der Waals surface area (Å²) in [6.07, 6.45) is 3.07. The number of ketones is 1. The molecule has 1 aromatic carbocycles. The van der Waals surface area contributed by atoms with Gasteiger partial charge in [-0.2, -0.15) is 0 Å².